The summed E-state index contributed by atoms with van der Waals surface area (Å²) in [6.45, 7) is 0.138. The Bertz CT molecular complexity index is 1380. The van der Waals surface area contributed by atoms with E-state index in [4.69, 9.17) is 0 Å². The van der Waals surface area contributed by atoms with Crippen LogP contribution in [0.15, 0.2) is 108 Å². The third-order valence-electron chi connectivity index (χ3n) is 5.62. The van der Waals surface area contributed by atoms with E-state index in [-0.39, 0.29) is 12.1 Å². The fraction of sp³-hybridized carbons (Fsp3) is 0.0741. The zero-order valence-corrected chi connectivity index (χ0v) is 16.9. The van der Waals surface area contributed by atoms with Gasteiger partial charge in [-0.3, -0.25) is 9.89 Å². The minimum atomic E-state index is -0.824. The molecule has 0 fully saturated rings. The van der Waals surface area contributed by atoms with Gasteiger partial charge in [0, 0.05) is 5.56 Å². The minimum Gasteiger partial charge on any atom is -0.386 e. The van der Waals surface area contributed by atoms with E-state index < -0.39 is 6.10 Å². The summed E-state index contributed by atoms with van der Waals surface area (Å²) in [6.07, 6.45) is -0.824. The van der Waals surface area contributed by atoms with Gasteiger partial charge in [-0.15, -0.1) is 0 Å². The summed E-state index contributed by atoms with van der Waals surface area (Å²) in [5, 5.41) is 16.4. The number of benzene rings is 4. The molecule has 0 aliphatic rings. The molecule has 0 radical (unpaired) electrons. The molecule has 31 heavy (non-hydrogen) atoms. The van der Waals surface area contributed by atoms with Crippen molar-refractivity contribution in [3.8, 4) is 22.4 Å². The first-order valence-corrected chi connectivity index (χ1v) is 10.3. The molecule has 4 heteroatoms. The van der Waals surface area contributed by atoms with Crippen LogP contribution < -0.4 is 5.56 Å². The Kier molecular flexibility index (Phi) is 4.98. The quantitative estimate of drug-likeness (QED) is 0.411. The molecular weight excluding hydrogens is 384 g/mol. The lowest BCUT2D eigenvalue weighted by Crippen LogP contribution is -2.21. The normalized spacial score (nSPS) is 12.2. The molecule has 4 nitrogen and oxygen atoms in total. The van der Waals surface area contributed by atoms with Crippen LogP contribution in [0.25, 0.3) is 33.2 Å². The molecule has 1 atom stereocenters. The van der Waals surface area contributed by atoms with Crippen LogP contribution in [0.4, 0.5) is 0 Å². The second kappa shape index (κ2) is 8.09. The van der Waals surface area contributed by atoms with Crippen LogP contribution in [-0.4, -0.2) is 14.9 Å². The van der Waals surface area contributed by atoms with E-state index >= 15 is 0 Å². The number of rotatable bonds is 5. The van der Waals surface area contributed by atoms with Crippen LogP contribution in [0, 0.1) is 0 Å². The summed E-state index contributed by atoms with van der Waals surface area (Å²) in [6, 6.07) is 33.3. The maximum atomic E-state index is 13.4. The Morgan fingerprint density at radius 1 is 0.742 bits per heavy atom. The third kappa shape index (κ3) is 3.58. The van der Waals surface area contributed by atoms with Crippen LogP contribution in [0.5, 0.6) is 0 Å². The molecule has 4 aromatic carbocycles. The van der Waals surface area contributed by atoms with Crippen LogP contribution in [0.1, 0.15) is 11.7 Å². The Hall–Kier alpha value is -3.89. The zero-order valence-electron chi connectivity index (χ0n) is 16.9. The molecular formula is C27H22N2O2. The topological polar surface area (TPSA) is 58.0 Å². The third-order valence-corrected chi connectivity index (χ3v) is 5.62. The number of aliphatic hydroxyl groups excluding tert-OH is 1. The molecule has 0 saturated heterocycles. The van der Waals surface area contributed by atoms with E-state index in [1.807, 2.05) is 103 Å². The van der Waals surface area contributed by atoms with Gasteiger partial charge in [-0.1, -0.05) is 103 Å². The second-order valence-electron chi connectivity index (χ2n) is 7.59. The molecule has 1 unspecified atom stereocenters. The summed E-state index contributed by atoms with van der Waals surface area (Å²) in [7, 11) is 0. The van der Waals surface area contributed by atoms with E-state index in [0.29, 0.717) is 5.56 Å². The number of nitrogens with one attached hydrogen (secondary N) is 1. The van der Waals surface area contributed by atoms with Gasteiger partial charge < -0.3 is 5.11 Å². The predicted octanol–water partition coefficient (Wildman–Crippen LogP) is 5.40. The highest BCUT2D eigenvalue weighted by Gasteiger charge is 2.20. The van der Waals surface area contributed by atoms with Gasteiger partial charge >= 0.3 is 0 Å². The molecule has 1 heterocycles. The fourth-order valence-corrected chi connectivity index (χ4v) is 4.11. The number of nitrogens with zero attached hydrogens (tertiary/aromatic N) is 1. The second-order valence-corrected chi connectivity index (χ2v) is 7.59. The van der Waals surface area contributed by atoms with Gasteiger partial charge in [-0.25, -0.2) is 4.68 Å². The molecule has 0 saturated carbocycles. The lowest BCUT2D eigenvalue weighted by Gasteiger charge is -2.14. The highest BCUT2D eigenvalue weighted by atomic mass is 16.3. The zero-order chi connectivity index (χ0) is 21.2. The standard InChI is InChI=1S/C27H22N2O2/c30-24(23-17-9-15-19-10-7-8-16-22(19)23)18-29-27(31)25(20-11-3-1-4-12-20)26(28-29)21-13-5-2-6-14-21/h1-17,24,28,30H,18H2. The first kappa shape index (κ1) is 19.1. The molecule has 0 spiro atoms. The van der Waals surface area contributed by atoms with Crippen molar-refractivity contribution in [2.75, 3.05) is 0 Å². The molecule has 0 aliphatic carbocycles. The molecule has 152 valence electrons. The Balaban J connectivity index is 1.60. The van der Waals surface area contributed by atoms with Gasteiger partial charge in [-0.05, 0) is 21.9 Å². The molecule has 0 amide bonds. The van der Waals surface area contributed by atoms with E-state index in [1.165, 1.54) is 4.68 Å². The summed E-state index contributed by atoms with van der Waals surface area (Å²) in [5.74, 6) is 0. The average molecular weight is 406 g/mol. The van der Waals surface area contributed by atoms with Gasteiger partial charge in [0.25, 0.3) is 5.56 Å². The maximum absolute atomic E-state index is 13.4. The van der Waals surface area contributed by atoms with Crippen molar-refractivity contribution in [1.82, 2.24) is 9.78 Å². The van der Waals surface area contributed by atoms with Crippen molar-refractivity contribution in [3.05, 3.63) is 119 Å². The van der Waals surface area contributed by atoms with E-state index in [1.54, 1.807) is 0 Å². The van der Waals surface area contributed by atoms with Crippen molar-refractivity contribution in [1.29, 1.82) is 0 Å². The average Bonchev–Trinajstić information content (AvgIpc) is 3.15. The van der Waals surface area contributed by atoms with Crippen LogP contribution in [0.2, 0.25) is 0 Å². The van der Waals surface area contributed by atoms with Gasteiger partial charge in [-0.2, -0.15) is 0 Å². The number of H-pyrrole nitrogens is 1. The van der Waals surface area contributed by atoms with Crippen molar-refractivity contribution >= 4 is 10.8 Å². The Morgan fingerprint density at radius 2 is 1.35 bits per heavy atom. The number of aromatic amines is 1. The molecule has 5 rings (SSSR count). The van der Waals surface area contributed by atoms with E-state index in [2.05, 4.69) is 5.10 Å². The van der Waals surface area contributed by atoms with Crippen molar-refractivity contribution in [3.63, 3.8) is 0 Å². The highest BCUT2D eigenvalue weighted by molar-refractivity contribution is 5.86. The van der Waals surface area contributed by atoms with Crippen molar-refractivity contribution in [2.45, 2.75) is 12.6 Å². The minimum absolute atomic E-state index is 0.138. The molecule has 5 aromatic rings. The Morgan fingerprint density at radius 3 is 2.10 bits per heavy atom. The maximum Gasteiger partial charge on any atom is 0.275 e. The summed E-state index contributed by atoms with van der Waals surface area (Å²) in [4.78, 5) is 13.4. The van der Waals surface area contributed by atoms with Gasteiger partial charge in [0.1, 0.15) is 0 Å². The molecule has 0 bridgehead atoms. The highest BCUT2D eigenvalue weighted by Crippen LogP contribution is 2.29. The van der Waals surface area contributed by atoms with Gasteiger partial charge in [0.15, 0.2) is 0 Å². The first-order valence-electron chi connectivity index (χ1n) is 10.3. The largest absolute Gasteiger partial charge is 0.386 e. The number of hydrogen-bond donors (Lipinski definition) is 2. The van der Waals surface area contributed by atoms with Gasteiger partial charge in [0.05, 0.1) is 23.9 Å². The number of fused-ring (bicyclic) bond motifs is 1. The number of aromatic nitrogens is 2. The van der Waals surface area contributed by atoms with E-state index in [9.17, 15) is 9.90 Å². The van der Waals surface area contributed by atoms with Crippen LogP contribution in [-0.2, 0) is 6.54 Å². The summed E-state index contributed by atoms with van der Waals surface area (Å²) < 4.78 is 1.51. The van der Waals surface area contributed by atoms with Crippen molar-refractivity contribution in [2.24, 2.45) is 0 Å². The monoisotopic (exact) mass is 406 g/mol. The van der Waals surface area contributed by atoms with E-state index in [0.717, 1.165) is 33.2 Å². The Labute approximate surface area is 180 Å². The number of hydrogen-bond acceptors (Lipinski definition) is 2. The summed E-state index contributed by atoms with van der Waals surface area (Å²) in [5.41, 5.74) is 3.79. The van der Waals surface area contributed by atoms with Crippen LogP contribution in [0.3, 0.4) is 0 Å². The lowest BCUT2D eigenvalue weighted by molar-refractivity contribution is 0.152. The SMILES string of the molecule is O=c1c(-c2ccccc2)c(-c2ccccc2)[nH]n1CC(O)c1cccc2ccccc12. The lowest BCUT2D eigenvalue weighted by atomic mass is 10.0. The van der Waals surface area contributed by atoms with Crippen molar-refractivity contribution < 1.29 is 5.11 Å². The molecule has 1 aromatic heterocycles. The summed E-state index contributed by atoms with van der Waals surface area (Å²) >= 11 is 0. The van der Waals surface area contributed by atoms with Gasteiger partial charge in [0.2, 0.25) is 0 Å². The van der Waals surface area contributed by atoms with Crippen LogP contribution >= 0.6 is 0 Å². The predicted molar refractivity (Wildman–Crippen MR) is 125 cm³/mol. The first-order chi connectivity index (χ1) is 15.2. The fourth-order valence-electron chi connectivity index (χ4n) is 4.11. The molecule has 2 N–H and O–H groups in total. The number of aliphatic hydroxyl groups is 1. The molecule has 0 aliphatic heterocycles. The smallest absolute Gasteiger partial charge is 0.275 e.